The van der Waals surface area contributed by atoms with Crippen LogP contribution in [-0.2, 0) is 9.53 Å². The maximum Gasteiger partial charge on any atom is 0.326 e. The molecule has 0 aliphatic carbocycles. The van der Waals surface area contributed by atoms with Crippen LogP contribution in [0.3, 0.4) is 0 Å². The number of aliphatic carboxylic acids is 1. The molecule has 18 heavy (non-hydrogen) atoms. The molecule has 0 radical (unpaired) electrons. The molecule has 7 heteroatoms. The fourth-order valence-corrected chi connectivity index (χ4v) is 1.84. The highest BCUT2D eigenvalue weighted by atomic mass is 16.5. The number of nitrogens with one attached hydrogen (secondary N) is 2. The van der Waals surface area contributed by atoms with E-state index in [1.807, 2.05) is 6.92 Å². The zero-order valence-electron chi connectivity index (χ0n) is 10.4. The lowest BCUT2D eigenvalue weighted by Gasteiger charge is -2.24. The Bertz CT molecular complexity index is 302. The monoisotopic (exact) mass is 260 g/mol. The van der Waals surface area contributed by atoms with Crippen LogP contribution in [0.25, 0.3) is 0 Å². The Kier molecular flexibility index (Phi) is 5.36. The van der Waals surface area contributed by atoms with Crippen LogP contribution in [0.4, 0.5) is 4.79 Å². The van der Waals surface area contributed by atoms with E-state index in [-0.39, 0.29) is 18.6 Å². The molecule has 7 nitrogen and oxygen atoms in total. The molecular formula is C11H20N2O5. The number of ether oxygens (including phenoxy) is 1. The van der Waals surface area contributed by atoms with Gasteiger partial charge in [0.2, 0.25) is 0 Å². The number of aliphatic hydroxyl groups is 1. The topological polar surface area (TPSA) is 108 Å². The van der Waals surface area contributed by atoms with Crippen molar-refractivity contribution in [2.75, 3.05) is 19.8 Å². The second-order valence-electron chi connectivity index (χ2n) is 4.63. The quantitative estimate of drug-likeness (QED) is 0.524. The van der Waals surface area contributed by atoms with Crippen LogP contribution < -0.4 is 10.6 Å². The summed E-state index contributed by atoms with van der Waals surface area (Å²) in [6, 6.07) is -1.64. The molecular weight excluding hydrogens is 240 g/mol. The van der Waals surface area contributed by atoms with E-state index in [1.165, 1.54) is 0 Å². The van der Waals surface area contributed by atoms with Crippen molar-refractivity contribution in [1.82, 2.24) is 10.6 Å². The van der Waals surface area contributed by atoms with Gasteiger partial charge in [-0.1, -0.05) is 0 Å². The second-order valence-corrected chi connectivity index (χ2v) is 4.63. The first-order chi connectivity index (χ1) is 8.47. The third kappa shape index (κ3) is 4.50. The molecule has 2 atom stereocenters. The number of carboxylic acids is 1. The number of aliphatic hydroxyl groups excluding tert-OH is 1. The van der Waals surface area contributed by atoms with Gasteiger partial charge in [-0.2, -0.15) is 0 Å². The minimum absolute atomic E-state index is 0.0173. The molecule has 0 bridgehead atoms. The van der Waals surface area contributed by atoms with E-state index in [9.17, 15) is 9.59 Å². The van der Waals surface area contributed by atoms with E-state index in [0.717, 1.165) is 12.8 Å². The fraction of sp³-hybridized carbons (Fsp3) is 0.818. The van der Waals surface area contributed by atoms with Crippen molar-refractivity contribution in [3.05, 3.63) is 0 Å². The molecule has 1 fully saturated rings. The Hall–Kier alpha value is -1.34. The molecule has 0 aromatic carbocycles. The van der Waals surface area contributed by atoms with Crippen LogP contribution in [0.1, 0.15) is 26.2 Å². The van der Waals surface area contributed by atoms with Gasteiger partial charge >= 0.3 is 12.0 Å². The maximum absolute atomic E-state index is 11.5. The Morgan fingerprint density at radius 3 is 2.72 bits per heavy atom. The molecule has 1 rings (SSSR count). The number of amides is 2. The lowest BCUT2D eigenvalue weighted by molar-refractivity contribution is -0.139. The lowest BCUT2D eigenvalue weighted by atomic mass is 10.0. The maximum atomic E-state index is 11.5. The number of carboxylic acid groups (broad SMARTS) is 1. The van der Waals surface area contributed by atoms with E-state index >= 15 is 0 Å². The summed E-state index contributed by atoms with van der Waals surface area (Å²) in [7, 11) is 0. The molecule has 1 aliphatic rings. The van der Waals surface area contributed by atoms with Crippen LogP contribution in [0.15, 0.2) is 0 Å². The average Bonchev–Trinajstić information content (AvgIpc) is 2.73. The summed E-state index contributed by atoms with van der Waals surface area (Å²) in [4.78, 5) is 22.3. The SMILES string of the molecule is CC1(CNC(=O)NC(CCO)C(=O)O)CCCO1. The highest BCUT2D eigenvalue weighted by Gasteiger charge is 2.30. The smallest absolute Gasteiger partial charge is 0.326 e. The van der Waals surface area contributed by atoms with E-state index in [1.54, 1.807) is 0 Å². The Balaban J connectivity index is 2.33. The van der Waals surface area contributed by atoms with Gasteiger partial charge in [0.1, 0.15) is 6.04 Å². The standard InChI is InChI=1S/C11H20N2O5/c1-11(4-2-6-18-11)7-12-10(17)13-8(3-5-14)9(15)16/h8,14H,2-7H2,1H3,(H,15,16)(H2,12,13,17). The molecule has 0 aromatic heterocycles. The molecule has 1 heterocycles. The first-order valence-corrected chi connectivity index (χ1v) is 5.99. The van der Waals surface area contributed by atoms with Gasteiger partial charge < -0.3 is 25.6 Å². The summed E-state index contributed by atoms with van der Waals surface area (Å²) in [6.45, 7) is 2.63. The van der Waals surface area contributed by atoms with Gasteiger partial charge in [-0.05, 0) is 19.8 Å². The molecule has 0 spiro atoms. The van der Waals surface area contributed by atoms with Crippen LogP contribution in [-0.4, -0.2) is 53.6 Å². The number of carbonyl (C=O) groups excluding carboxylic acids is 1. The molecule has 104 valence electrons. The van der Waals surface area contributed by atoms with E-state index < -0.39 is 18.0 Å². The van der Waals surface area contributed by atoms with Gasteiger partial charge in [0.25, 0.3) is 0 Å². The first kappa shape index (κ1) is 14.7. The highest BCUT2D eigenvalue weighted by Crippen LogP contribution is 2.23. The molecule has 4 N–H and O–H groups in total. The van der Waals surface area contributed by atoms with Crippen molar-refractivity contribution in [2.24, 2.45) is 0 Å². The van der Waals surface area contributed by atoms with E-state index in [0.29, 0.717) is 13.2 Å². The first-order valence-electron chi connectivity index (χ1n) is 5.99. The molecule has 2 amide bonds. The van der Waals surface area contributed by atoms with Crippen molar-refractivity contribution >= 4 is 12.0 Å². The predicted molar refractivity (Wildman–Crippen MR) is 63.3 cm³/mol. The molecule has 2 unspecified atom stereocenters. The Labute approximate surface area is 106 Å². The lowest BCUT2D eigenvalue weighted by Crippen LogP contribution is -2.50. The van der Waals surface area contributed by atoms with Gasteiger partial charge in [0, 0.05) is 26.2 Å². The zero-order chi connectivity index (χ0) is 13.6. The molecule has 0 saturated carbocycles. The second kappa shape index (κ2) is 6.55. The number of hydrogen-bond donors (Lipinski definition) is 4. The summed E-state index contributed by atoms with van der Waals surface area (Å²) in [5, 5.41) is 22.4. The molecule has 0 aromatic rings. The van der Waals surface area contributed by atoms with Crippen LogP contribution in [0, 0.1) is 0 Å². The normalized spacial score (nSPS) is 24.6. The summed E-state index contributed by atoms with van der Waals surface area (Å²) < 4.78 is 5.49. The third-order valence-electron chi connectivity index (χ3n) is 2.94. The van der Waals surface area contributed by atoms with E-state index in [4.69, 9.17) is 14.9 Å². The predicted octanol–water partition coefficient (Wildman–Crippen LogP) is -0.310. The molecule has 1 saturated heterocycles. The van der Waals surface area contributed by atoms with Crippen molar-refractivity contribution in [1.29, 1.82) is 0 Å². The van der Waals surface area contributed by atoms with E-state index in [2.05, 4.69) is 10.6 Å². The number of urea groups is 1. The number of rotatable bonds is 6. The van der Waals surface area contributed by atoms with Crippen molar-refractivity contribution < 1.29 is 24.5 Å². The molecule has 1 aliphatic heterocycles. The minimum Gasteiger partial charge on any atom is -0.480 e. The highest BCUT2D eigenvalue weighted by molar-refractivity contribution is 5.82. The van der Waals surface area contributed by atoms with Gasteiger partial charge in [-0.25, -0.2) is 9.59 Å². The largest absolute Gasteiger partial charge is 0.480 e. The van der Waals surface area contributed by atoms with Gasteiger partial charge in [0.15, 0.2) is 0 Å². The van der Waals surface area contributed by atoms with Crippen molar-refractivity contribution in [2.45, 2.75) is 37.8 Å². The Morgan fingerprint density at radius 2 is 2.22 bits per heavy atom. The van der Waals surface area contributed by atoms with Crippen LogP contribution >= 0.6 is 0 Å². The van der Waals surface area contributed by atoms with Gasteiger partial charge in [-0.15, -0.1) is 0 Å². The Morgan fingerprint density at radius 1 is 1.50 bits per heavy atom. The fourth-order valence-electron chi connectivity index (χ4n) is 1.84. The van der Waals surface area contributed by atoms with Gasteiger partial charge in [-0.3, -0.25) is 0 Å². The zero-order valence-corrected chi connectivity index (χ0v) is 10.4. The van der Waals surface area contributed by atoms with Crippen LogP contribution in [0.5, 0.6) is 0 Å². The average molecular weight is 260 g/mol. The summed E-state index contributed by atoms with van der Waals surface area (Å²) in [5.41, 5.74) is -0.368. The van der Waals surface area contributed by atoms with Gasteiger partial charge in [0.05, 0.1) is 5.60 Å². The van der Waals surface area contributed by atoms with Crippen LogP contribution in [0.2, 0.25) is 0 Å². The summed E-state index contributed by atoms with van der Waals surface area (Å²) in [6.07, 6.45) is 1.81. The summed E-state index contributed by atoms with van der Waals surface area (Å²) >= 11 is 0. The summed E-state index contributed by atoms with van der Waals surface area (Å²) in [5.74, 6) is -1.16. The number of carbonyl (C=O) groups is 2. The van der Waals surface area contributed by atoms with Crippen molar-refractivity contribution in [3.8, 4) is 0 Å². The third-order valence-corrected chi connectivity index (χ3v) is 2.94. The number of hydrogen-bond acceptors (Lipinski definition) is 4. The van der Waals surface area contributed by atoms with Crippen molar-refractivity contribution in [3.63, 3.8) is 0 Å². The minimum atomic E-state index is -1.16.